The van der Waals surface area contributed by atoms with E-state index in [1.165, 1.54) is 6.42 Å². The largest absolute Gasteiger partial charge is 0.378 e. The van der Waals surface area contributed by atoms with Gasteiger partial charge in [-0.25, -0.2) is 0 Å². The minimum Gasteiger partial charge on any atom is -0.378 e. The van der Waals surface area contributed by atoms with Crippen LogP contribution in [0.25, 0.3) is 0 Å². The molecule has 1 amide bonds. The van der Waals surface area contributed by atoms with Crippen molar-refractivity contribution in [1.82, 2.24) is 10.2 Å². The van der Waals surface area contributed by atoms with Gasteiger partial charge in [0.2, 0.25) is 5.91 Å². The summed E-state index contributed by atoms with van der Waals surface area (Å²) in [5, 5.41) is 3.38. The van der Waals surface area contributed by atoms with E-state index in [1.54, 1.807) is 0 Å². The Labute approximate surface area is 136 Å². The Balaban J connectivity index is 1.90. The van der Waals surface area contributed by atoms with E-state index >= 15 is 0 Å². The molecule has 1 aliphatic heterocycles. The zero-order valence-corrected chi connectivity index (χ0v) is 14.9. The maximum absolute atomic E-state index is 12.6. The maximum Gasteiger partial charge on any atom is 0.222 e. The van der Waals surface area contributed by atoms with Crippen molar-refractivity contribution in [2.45, 2.75) is 71.4 Å². The monoisotopic (exact) mass is 310 g/mol. The summed E-state index contributed by atoms with van der Waals surface area (Å²) in [6, 6.07) is 0.355. The molecule has 4 nitrogen and oxygen atoms in total. The van der Waals surface area contributed by atoms with Gasteiger partial charge in [-0.05, 0) is 58.0 Å². The lowest BCUT2D eigenvalue weighted by molar-refractivity contribution is -0.177. The van der Waals surface area contributed by atoms with Crippen molar-refractivity contribution < 1.29 is 9.53 Å². The third kappa shape index (κ3) is 3.33. The van der Waals surface area contributed by atoms with E-state index in [-0.39, 0.29) is 5.41 Å². The van der Waals surface area contributed by atoms with Crippen molar-refractivity contribution in [3.8, 4) is 0 Å². The van der Waals surface area contributed by atoms with Crippen molar-refractivity contribution >= 4 is 5.91 Å². The number of hydrogen-bond acceptors (Lipinski definition) is 3. The summed E-state index contributed by atoms with van der Waals surface area (Å²) in [5.74, 6) is 1.01. The quantitative estimate of drug-likeness (QED) is 0.749. The summed E-state index contributed by atoms with van der Waals surface area (Å²) in [4.78, 5) is 14.6. The van der Waals surface area contributed by atoms with Crippen molar-refractivity contribution in [3.63, 3.8) is 0 Å². The SMILES string of the molecule is CCOC1CC(N(C)C(=O)CCC2CCNC2)C1(CC)CC. The number of carbonyl (C=O) groups excluding carboxylic acids is 1. The summed E-state index contributed by atoms with van der Waals surface area (Å²) in [6.07, 6.45) is 6.45. The molecule has 1 aliphatic carbocycles. The van der Waals surface area contributed by atoms with E-state index in [1.807, 2.05) is 11.9 Å². The van der Waals surface area contributed by atoms with Crippen LogP contribution in [-0.2, 0) is 9.53 Å². The molecule has 1 heterocycles. The zero-order valence-electron chi connectivity index (χ0n) is 14.9. The molecular weight excluding hydrogens is 276 g/mol. The third-order valence-electron chi connectivity index (χ3n) is 6.22. The fourth-order valence-corrected chi connectivity index (χ4v) is 4.52. The van der Waals surface area contributed by atoms with Gasteiger partial charge in [0.05, 0.1) is 6.10 Å². The number of ether oxygens (including phenoxy) is 1. The normalized spacial score (nSPS) is 30.1. The smallest absolute Gasteiger partial charge is 0.222 e. The van der Waals surface area contributed by atoms with Gasteiger partial charge in [-0.1, -0.05) is 13.8 Å². The van der Waals surface area contributed by atoms with Crippen LogP contribution in [0.5, 0.6) is 0 Å². The number of rotatable bonds is 8. The Bertz CT molecular complexity index is 362. The maximum atomic E-state index is 12.6. The first-order chi connectivity index (χ1) is 10.6. The molecule has 0 aromatic heterocycles. The number of nitrogens with one attached hydrogen (secondary N) is 1. The van der Waals surface area contributed by atoms with E-state index in [0.29, 0.717) is 30.4 Å². The average Bonchev–Trinajstić information content (AvgIpc) is 3.03. The minimum absolute atomic E-state index is 0.162. The Morgan fingerprint density at radius 1 is 1.32 bits per heavy atom. The van der Waals surface area contributed by atoms with Crippen LogP contribution >= 0.6 is 0 Å². The van der Waals surface area contributed by atoms with Crippen molar-refractivity contribution in [1.29, 1.82) is 0 Å². The van der Waals surface area contributed by atoms with Crippen LogP contribution in [0.1, 0.15) is 59.3 Å². The highest BCUT2D eigenvalue weighted by molar-refractivity contribution is 5.76. The standard InChI is InChI=1S/C18H34N2O2/c1-5-18(6-2)15(12-16(18)22-7-3)20(4)17(21)9-8-14-10-11-19-13-14/h14-16,19H,5-13H2,1-4H3. The highest BCUT2D eigenvalue weighted by atomic mass is 16.5. The molecule has 3 atom stereocenters. The van der Waals surface area contributed by atoms with Gasteiger partial charge in [-0.15, -0.1) is 0 Å². The van der Waals surface area contributed by atoms with E-state index in [2.05, 4.69) is 26.1 Å². The second-order valence-corrected chi connectivity index (χ2v) is 7.04. The molecule has 0 spiro atoms. The summed E-state index contributed by atoms with van der Waals surface area (Å²) >= 11 is 0. The van der Waals surface area contributed by atoms with Crippen LogP contribution in [0, 0.1) is 11.3 Å². The number of hydrogen-bond donors (Lipinski definition) is 1. The molecule has 2 fully saturated rings. The molecule has 2 aliphatic rings. The molecule has 22 heavy (non-hydrogen) atoms. The highest BCUT2D eigenvalue weighted by Gasteiger charge is 2.55. The molecule has 1 saturated carbocycles. The number of carbonyl (C=O) groups is 1. The molecule has 0 aromatic carbocycles. The van der Waals surface area contributed by atoms with Crippen LogP contribution in [0.4, 0.5) is 0 Å². The molecule has 0 aromatic rings. The van der Waals surface area contributed by atoms with Gasteiger partial charge in [0.1, 0.15) is 0 Å². The number of nitrogens with zero attached hydrogens (tertiary/aromatic N) is 1. The predicted octanol–water partition coefficient (Wildman–Crippen LogP) is 2.82. The second kappa shape index (κ2) is 7.78. The predicted molar refractivity (Wildman–Crippen MR) is 89.8 cm³/mol. The molecule has 1 N–H and O–H groups in total. The van der Waals surface area contributed by atoms with E-state index in [9.17, 15) is 4.79 Å². The Kier molecular flexibility index (Phi) is 6.27. The molecule has 128 valence electrons. The van der Waals surface area contributed by atoms with Crippen molar-refractivity contribution in [2.24, 2.45) is 11.3 Å². The first-order valence-corrected chi connectivity index (χ1v) is 9.17. The molecule has 4 heteroatoms. The van der Waals surface area contributed by atoms with Gasteiger partial charge in [-0.3, -0.25) is 4.79 Å². The van der Waals surface area contributed by atoms with Gasteiger partial charge >= 0.3 is 0 Å². The second-order valence-electron chi connectivity index (χ2n) is 7.04. The fourth-order valence-electron chi connectivity index (χ4n) is 4.52. The van der Waals surface area contributed by atoms with Crippen LogP contribution in [0.3, 0.4) is 0 Å². The first kappa shape index (κ1) is 17.7. The van der Waals surface area contributed by atoms with Crippen LogP contribution in [0.15, 0.2) is 0 Å². The minimum atomic E-state index is 0.162. The van der Waals surface area contributed by atoms with Crippen molar-refractivity contribution in [3.05, 3.63) is 0 Å². The van der Waals surface area contributed by atoms with E-state index in [4.69, 9.17) is 4.74 Å². The lowest BCUT2D eigenvalue weighted by atomic mass is 9.58. The van der Waals surface area contributed by atoms with Crippen molar-refractivity contribution in [2.75, 3.05) is 26.7 Å². The average molecular weight is 310 g/mol. The molecule has 0 bridgehead atoms. The van der Waals surface area contributed by atoms with Gasteiger partial charge < -0.3 is 15.0 Å². The summed E-state index contributed by atoms with van der Waals surface area (Å²) in [6.45, 7) is 9.51. The van der Waals surface area contributed by atoms with Crippen LogP contribution in [-0.4, -0.2) is 49.7 Å². The van der Waals surface area contributed by atoms with Gasteiger partial charge in [-0.2, -0.15) is 0 Å². The van der Waals surface area contributed by atoms with Crippen LogP contribution < -0.4 is 5.32 Å². The van der Waals surface area contributed by atoms with E-state index < -0.39 is 0 Å². The lowest BCUT2D eigenvalue weighted by Crippen LogP contribution is -2.64. The van der Waals surface area contributed by atoms with E-state index in [0.717, 1.165) is 45.4 Å². The Morgan fingerprint density at radius 3 is 2.59 bits per heavy atom. The Morgan fingerprint density at radius 2 is 2.05 bits per heavy atom. The topological polar surface area (TPSA) is 41.6 Å². The lowest BCUT2D eigenvalue weighted by Gasteiger charge is -2.58. The van der Waals surface area contributed by atoms with Gasteiger partial charge in [0.15, 0.2) is 0 Å². The zero-order chi connectivity index (χ0) is 16.2. The molecule has 2 rings (SSSR count). The highest BCUT2D eigenvalue weighted by Crippen LogP contribution is 2.51. The van der Waals surface area contributed by atoms with Gasteiger partial charge in [0, 0.05) is 31.5 Å². The summed E-state index contributed by atoms with van der Waals surface area (Å²) in [5.41, 5.74) is 0.162. The van der Waals surface area contributed by atoms with Gasteiger partial charge in [0.25, 0.3) is 0 Å². The first-order valence-electron chi connectivity index (χ1n) is 9.17. The molecule has 0 radical (unpaired) electrons. The molecule has 1 saturated heterocycles. The van der Waals surface area contributed by atoms with Crippen LogP contribution in [0.2, 0.25) is 0 Å². The summed E-state index contributed by atoms with van der Waals surface area (Å²) in [7, 11) is 2.00. The summed E-state index contributed by atoms with van der Waals surface area (Å²) < 4.78 is 5.93. The molecular formula is C18H34N2O2. The Hall–Kier alpha value is -0.610. The molecule has 3 unspecified atom stereocenters. The third-order valence-corrected chi connectivity index (χ3v) is 6.22. The fraction of sp³-hybridized carbons (Fsp3) is 0.944. The number of amides is 1.